The van der Waals surface area contributed by atoms with Crippen LogP contribution in [-0.4, -0.2) is 64.2 Å². The number of rotatable bonds is 7. The van der Waals surface area contributed by atoms with E-state index in [0.717, 1.165) is 0 Å². The highest BCUT2D eigenvalue weighted by Crippen LogP contribution is 2.33. The molecule has 1 fully saturated rings. The molecule has 0 spiro atoms. The van der Waals surface area contributed by atoms with Crippen molar-refractivity contribution in [3.8, 4) is 6.07 Å². The fourth-order valence-corrected chi connectivity index (χ4v) is 4.32. The zero-order valence-electron chi connectivity index (χ0n) is 20.1. The molecule has 1 atom stereocenters. The number of piperidine rings is 1. The van der Waals surface area contributed by atoms with Gasteiger partial charge in [0.2, 0.25) is 5.95 Å². The monoisotopic (exact) mass is 514 g/mol. The Morgan fingerprint density at radius 1 is 1.27 bits per heavy atom. The zero-order chi connectivity index (χ0) is 26.6. The summed E-state index contributed by atoms with van der Waals surface area (Å²) in [7, 11) is 1.57. The van der Waals surface area contributed by atoms with E-state index >= 15 is 0 Å². The second-order valence-corrected chi connectivity index (χ2v) is 8.78. The van der Waals surface area contributed by atoms with E-state index in [1.165, 1.54) is 23.2 Å². The molecule has 1 aliphatic heterocycles. The number of aryl methyl sites for hydroxylation is 1. The smallest absolute Gasteiger partial charge is 0.385 e. The number of pyridine rings is 1. The van der Waals surface area contributed by atoms with E-state index in [2.05, 4.69) is 15.3 Å². The average molecular weight is 515 g/mol. The van der Waals surface area contributed by atoms with Gasteiger partial charge >= 0.3 is 6.18 Å². The Morgan fingerprint density at radius 3 is 2.81 bits per heavy atom. The van der Waals surface area contributed by atoms with Crippen LogP contribution >= 0.6 is 0 Å². The number of anilines is 1. The van der Waals surface area contributed by atoms with Gasteiger partial charge in [-0.3, -0.25) is 19.5 Å². The summed E-state index contributed by atoms with van der Waals surface area (Å²) in [4.78, 5) is 35.9. The summed E-state index contributed by atoms with van der Waals surface area (Å²) in [6, 6.07) is 9.65. The van der Waals surface area contributed by atoms with E-state index in [9.17, 15) is 22.8 Å². The molecule has 2 aromatic heterocycles. The Kier molecular flexibility index (Phi) is 7.73. The van der Waals surface area contributed by atoms with Crippen molar-refractivity contribution in [2.24, 2.45) is 5.92 Å². The minimum atomic E-state index is -4.36. The van der Waals surface area contributed by atoms with Crippen LogP contribution in [0.25, 0.3) is 11.2 Å². The molecule has 1 aromatic carbocycles. The van der Waals surface area contributed by atoms with E-state index in [1.54, 1.807) is 29.9 Å². The number of carbonyl (C=O) groups excluding carboxylic acids is 2. The molecule has 0 bridgehead atoms. The second kappa shape index (κ2) is 11.0. The van der Waals surface area contributed by atoms with Crippen LogP contribution in [0.5, 0.6) is 0 Å². The number of ether oxygens (including phenoxy) is 1. The van der Waals surface area contributed by atoms with Gasteiger partial charge in [0.05, 0.1) is 23.1 Å². The lowest BCUT2D eigenvalue weighted by Gasteiger charge is -2.33. The van der Waals surface area contributed by atoms with Gasteiger partial charge in [0.15, 0.2) is 5.65 Å². The maximum atomic E-state index is 13.2. The van der Waals surface area contributed by atoms with Crippen LogP contribution in [0.3, 0.4) is 0 Å². The number of amides is 2. The van der Waals surface area contributed by atoms with E-state index < -0.39 is 30.5 Å². The van der Waals surface area contributed by atoms with Crippen LogP contribution in [0.1, 0.15) is 45.5 Å². The lowest BCUT2D eigenvalue weighted by molar-refractivity contribution is -0.184. The van der Waals surface area contributed by atoms with Gasteiger partial charge in [-0.25, -0.2) is 9.97 Å². The Morgan fingerprint density at radius 2 is 2.08 bits per heavy atom. The maximum Gasteiger partial charge on any atom is 0.393 e. The van der Waals surface area contributed by atoms with Crippen molar-refractivity contribution >= 4 is 28.9 Å². The summed E-state index contributed by atoms with van der Waals surface area (Å²) in [6.45, 7) is 0.688. The number of benzene rings is 1. The van der Waals surface area contributed by atoms with Crippen LogP contribution in [-0.2, 0) is 11.3 Å². The van der Waals surface area contributed by atoms with E-state index in [1.807, 2.05) is 6.07 Å². The third-order valence-corrected chi connectivity index (χ3v) is 6.21. The number of imidazole rings is 1. The summed E-state index contributed by atoms with van der Waals surface area (Å²) in [6.07, 6.45) is -2.19. The summed E-state index contributed by atoms with van der Waals surface area (Å²) >= 11 is 0. The van der Waals surface area contributed by atoms with Crippen LogP contribution < -0.4 is 5.32 Å². The molecule has 0 radical (unpaired) electrons. The molecule has 194 valence electrons. The van der Waals surface area contributed by atoms with Crippen LogP contribution in [0.15, 0.2) is 36.5 Å². The first kappa shape index (κ1) is 26.1. The van der Waals surface area contributed by atoms with Crippen molar-refractivity contribution in [2.75, 3.05) is 32.1 Å². The van der Waals surface area contributed by atoms with E-state index in [0.29, 0.717) is 36.3 Å². The van der Waals surface area contributed by atoms with Gasteiger partial charge in [0.1, 0.15) is 5.52 Å². The SMILES string of the molecule is COCCCn1c(NC(=O)c2cccc(C#N)c2)nc2cc(C(=O)N3CCCC(C(F)(F)F)C3)cnc21. The second-order valence-electron chi connectivity index (χ2n) is 8.78. The third kappa shape index (κ3) is 5.89. The number of carbonyl (C=O) groups is 2. The van der Waals surface area contributed by atoms with E-state index in [4.69, 9.17) is 10.00 Å². The topological polar surface area (TPSA) is 113 Å². The van der Waals surface area contributed by atoms with E-state index in [-0.39, 0.29) is 36.5 Å². The molecule has 3 aromatic rings. The number of nitrogens with zero attached hydrogens (tertiary/aromatic N) is 5. The molecule has 3 heterocycles. The molecule has 0 aliphatic carbocycles. The molecule has 1 aliphatic rings. The molecule has 12 heteroatoms. The van der Waals surface area contributed by atoms with Crippen LogP contribution in [0.2, 0.25) is 0 Å². The maximum absolute atomic E-state index is 13.2. The quantitative estimate of drug-likeness (QED) is 0.477. The van der Waals surface area contributed by atoms with Gasteiger partial charge < -0.3 is 9.64 Å². The Balaban J connectivity index is 1.62. The number of hydrogen-bond donors (Lipinski definition) is 1. The average Bonchev–Trinajstić information content (AvgIpc) is 3.24. The molecule has 1 unspecified atom stereocenters. The predicted octanol–water partition coefficient (Wildman–Crippen LogP) is 4.01. The summed E-state index contributed by atoms with van der Waals surface area (Å²) in [5.41, 5.74) is 1.44. The lowest BCUT2D eigenvalue weighted by atomic mass is 9.97. The third-order valence-electron chi connectivity index (χ3n) is 6.21. The first-order valence-corrected chi connectivity index (χ1v) is 11.7. The summed E-state index contributed by atoms with van der Waals surface area (Å²) in [5, 5.41) is 11.8. The Hall–Kier alpha value is -3.98. The lowest BCUT2D eigenvalue weighted by Crippen LogP contribution is -2.44. The minimum absolute atomic E-state index is 0.00320. The normalized spacial score (nSPS) is 16.0. The molecule has 1 N–H and O–H groups in total. The Labute approximate surface area is 210 Å². The van der Waals surface area contributed by atoms with Crippen molar-refractivity contribution in [2.45, 2.75) is 32.0 Å². The summed E-state index contributed by atoms with van der Waals surface area (Å²) < 4.78 is 46.4. The largest absolute Gasteiger partial charge is 0.393 e. The molecule has 9 nitrogen and oxygen atoms in total. The number of halogens is 3. The highest BCUT2D eigenvalue weighted by Gasteiger charge is 2.42. The highest BCUT2D eigenvalue weighted by molar-refractivity contribution is 6.04. The molecule has 1 saturated heterocycles. The molecule has 2 amide bonds. The Bertz CT molecular complexity index is 1350. The van der Waals surface area contributed by atoms with Gasteiger partial charge in [-0.15, -0.1) is 0 Å². The van der Waals surface area contributed by atoms with Gasteiger partial charge in [-0.2, -0.15) is 18.4 Å². The standard InChI is InChI=1S/C25H25F3N6O3/c1-37-10-4-9-34-21-20(31-24(34)32-22(35)17-6-2-5-16(11-17)13-29)12-18(14-30-21)23(36)33-8-3-7-19(15-33)25(26,27)28/h2,5-6,11-12,14,19H,3-4,7-10,15H2,1H3,(H,31,32,35). The van der Waals surface area contributed by atoms with Crippen molar-refractivity contribution in [3.63, 3.8) is 0 Å². The van der Waals surface area contributed by atoms with Crippen molar-refractivity contribution in [1.82, 2.24) is 19.4 Å². The van der Waals surface area contributed by atoms with Crippen molar-refractivity contribution in [1.29, 1.82) is 5.26 Å². The summed E-state index contributed by atoms with van der Waals surface area (Å²) in [5.74, 6) is -2.40. The number of alkyl halides is 3. The molecule has 0 saturated carbocycles. The number of fused-ring (bicyclic) bond motifs is 1. The molecule has 4 rings (SSSR count). The predicted molar refractivity (Wildman–Crippen MR) is 128 cm³/mol. The van der Waals surface area contributed by atoms with Gasteiger partial charge in [0, 0.05) is 45.1 Å². The van der Waals surface area contributed by atoms with Crippen LogP contribution in [0.4, 0.5) is 19.1 Å². The number of methoxy groups -OCH3 is 1. The van der Waals surface area contributed by atoms with Gasteiger partial charge in [0.25, 0.3) is 11.8 Å². The van der Waals surface area contributed by atoms with Crippen LogP contribution in [0, 0.1) is 17.2 Å². The fraction of sp³-hybridized carbons (Fsp3) is 0.400. The number of nitriles is 1. The van der Waals surface area contributed by atoms with Crippen molar-refractivity contribution in [3.05, 3.63) is 53.2 Å². The number of nitrogens with one attached hydrogen (secondary N) is 1. The first-order valence-electron chi connectivity index (χ1n) is 11.7. The number of hydrogen-bond acceptors (Lipinski definition) is 6. The highest BCUT2D eigenvalue weighted by atomic mass is 19.4. The van der Waals surface area contributed by atoms with Gasteiger partial charge in [-0.05, 0) is 43.5 Å². The van der Waals surface area contributed by atoms with Crippen molar-refractivity contribution < 1.29 is 27.5 Å². The zero-order valence-corrected chi connectivity index (χ0v) is 20.1. The fourth-order valence-electron chi connectivity index (χ4n) is 4.32. The number of aromatic nitrogens is 3. The molecular weight excluding hydrogens is 489 g/mol. The minimum Gasteiger partial charge on any atom is -0.385 e. The van der Waals surface area contributed by atoms with Gasteiger partial charge in [-0.1, -0.05) is 6.07 Å². The number of likely N-dealkylation sites (tertiary alicyclic amines) is 1. The molecular formula is C25H25F3N6O3. The first-order chi connectivity index (χ1) is 17.7. The molecule has 37 heavy (non-hydrogen) atoms.